The van der Waals surface area contributed by atoms with Gasteiger partial charge in [-0.15, -0.1) is 0 Å². The van der Waals surface area contributed by atoms with Gasteiger partial charge in [0.25, 0.3) is 0 Å². The number of carbonyl (C=O) groups excluding carboxylic acids is 2. The van der Waals surface area contributed by atoms with E-state index < -0.39 is 20.6 Å². The Balaban J connectivity index is 2.04. The van der Waals surface area contributed by atoms with Crippen molar-refractivity contribution >= 4 is 21.8 Å². The van der Waals surface area contributed by atoms with Crippen LogP contribution in [0, 0.1) is 11.8 Å². The number of nitrogens with one attached hydrogen (secondary N) is 1. The van der Waals surface area contributed by atoms with Crippen molar-refractivity contribution in [1.29, 1.82) is 0 Å². The van der Waals surface area contributed by atoms with E-state index >= 15 is 0 Å². The van der Waals surface area contributed by atoms with Crippen molar-refractivity contribution in [3.63, 3.8) is 0 Å². The van der Waals surface area contributed by atoms with E-state index in [-0.39, 0.29) is 24.8 Å². The Kier molecular flexibility index (Phi) is 5.38. The lowest BCUT2D eigenvalue weighted by Crippen LogP contribution is -2.57. The normalized spacial score (nSPS) is 24.7. The number of hydrogen-bond donors (Lipinski definition) is 1. The third-order valence-corrected chi connectivity index (χ3v) is 7.67. The maximum Gasteiger partial charge on any atom is 0.324 e. The Labute approximate surface area is 138 Å². The zero-order valence-corrected chi connectivity index (χ0v) is 15.1. The predicted octanol–water partition coefficient (Wildman–Crippen LogP) is 1.95. The van der Waals surface area contributed by atoms with Crippen molar-refractivity contribution in [3.8, 4) is 0 Å². The van der Waals surface area contributed by atoms with E-state index in [9.17, 15) is 18.0 Å². The summed E-state index contributed by atoms with van der Waals surface area (Å²) < 4.78 is 22.6. The molecule has 0 spiro atoms. The molecule has 0 radical (unpaired) electrons. The van der Waals surface area contributed by atoms with Crippen LogP contribution in [0.3, 0.4) is 0 Å². The van der Waals surface area contributed by atoms with E-state index in [0.717, 1.165) is 25.7 Å². The van der Waals surface area contributed by atoms with Gasteiger partial charge in [-0.25, -0.2) is 13.2 Å². The number of amides is 3. The Morgan fingerprint density at radius 1 is 1.17 bits per heavy atom. The summed E-state index contributed by atoms with van der Waals surface area (Å²) in [7, 11) is -3.24. The summed E-state index contributed by atoms with van der Waals surface area (Å²) in [5.41, 5.74) is 0. The van der Waals surface area contributed by atoms with Crippen LogP contribution in [0.2, 0.25) is 0 Å². The van der Waals surface area contributed by atoms with Gasteiger partial charge in [-0.05, 0) is 39.0 Å². The first kappa shape index (κ1) is 18.2. The van der Waals surface area contributed by atoms with Crippen molar-refractivity contribution in [1.82, 2.24) is 10.2 Å². The monoisotopic (exact) mass is 344 g/mol. The zero-order valence-electron chi connectivity index (χ0n) is 14.3. The maximum absolute atomic E-state index is 12.7. The zero-order chi connectivity index (χ0) is 17.3. The average molecular weight is 344 g/mol. The third-order valence-electron chi connectivity index (χ3n) is 5.46. The van der Waals surface area contributed by atoms with Gasteiger partial charge in [0.05, 0.1) is 10.7 Å². The van der Waals surface area contributed by atoms with Crippen LogP contribution in [-0.2, 0) is 14.6 Å². The van der Waals surface area contributed by atoms with Gasteiger partial charge in [-0.1, -0.05) is 19.3 Å². The lowest BCUT2D eigenvalue weighted by Gasteiger charge is -2.37. The molecule has 0 aromatic carbocycles. The van der Waals surface area contributed by atoms with Crippen molar-refractivity contribution in [3.05, 3.63) is 0 Å². The number of hydrogen-bond acceptors (Lipinski definition) is 4. The van der Waals surface area contributed by atoms with Gasteiger partial charge in [-0.2, -0.15) is 0 Å². The molecule has 1 saturated heterocycles. The van der Waals surface area contributed by atoms with Gasteiger partial charge in [0.15, 0.2) is 9.84 Å². The van der Waals surface area contributed by atoms with Crippen molar-refractivity contribution in [2.24, 2.45) is 11.8 Å². The van der Waals surface area contributed by atoms with Gasteiger partial charge in [0.2, 0.25) is 5.91 Å². The largest absolute Gasteiger partial charge is 0.337 e. The van der Waals surface area contributed by atoms with Crippen molar-refractivity contribution in [2.75, 3.05) is 19.3 Å². The highest BCUT2D eigenvalue weighted by Crippen LogP contribution is 2.32. The van der Waals surface area contributed by atoms with E-state index in [0.29, 0.717) is 12.5 Å². The molecule has 23 heavy (non-hydrogen) atoms. The first-order valence-electron chi connectivity index (χ1n) is 8.42. The third kappa shape index (κ3) is 4.05. The molecule has 132 valence electrons. The minimum atomic E-state index is -3.24. The molecule has 7 heteroatoms. The smallest absolute Gasteiger partial charge is 0.324 e. The Bertz CT molecular complexity index is 565. The number of nitrogens with zero attached hydrogens (tertiary/aromatic N) is 1. The minimum absolute atomic E-state index is 0.134. The van der Waals surface area contributed by atoms with Crippen LogP contribution >= 0.6 is 0 Å². The number of carbonyl (C=O) groups is 2. The van der Waals surface area contributed by atoms with E-state index in [2.05, 4.69) is 5.32 Å². The van der Waals surface area contributed by atoms with Crippen LogP contribution in [0.4, 0.5) is 4.79 Å². The molecule has 1 atom stereocenters. The molecule has 0 aromatic rings. The van der Waals surface area contributed by atoms with Crippen LogP contribution in [0.1, 0.15) is 52.4 Å². The van der Waals surface area contributed by atoms with Crippen LogP contribution in [0.5, 0.6) is 0 Å². The summed E-state index contributed by atoms with van der Waals surface area (Å²) in [5.74, 6) is 0.0431. The lowest BCUT2D eigenvalue weighted by atomic mass is 9.78. The number of rotatable bonds is 5. The molecule has 6 nitrogen and oxygen atoms in total. The number of imide groups is 1. The topological polar surface area (TPSA) is 83.6 Å². The molecular formula is C16H28N2O4S. The quantitative estimate of drug-likeness (QED) is 0.826. The summed E-state index contributed by atoms with van der Waals surface area (Å²) in [6.45, 7) is 3.82. The lowest BCUT2D eigenvalue weighted by molar-refractivity contribution is -0.136. The summed E-state index contributed by atoms with van der Waals surface area (Å²) >= 11 is 0. The molecule has 2 rings (SSSR count). The standard InChI is InChI=1S/C16H28N2O4S/c1-16(2,23(3,21)22)9-10-18-14(19)13(11-17-15(18)20)12-7-5-4-6-8-12/h12-13H,4-11H2,1-3H3,(H,17,20). The van der Waals surface area contributed by atoms with Crippen LogP contribution in [-0.4, -0.2) is 49.3 Å². The molecule has 1 N–H and O–H groups in total. The van der Waals surface area contributed by atoms with E-state index in [4.69, 9.17) is 0 Å². The predicted molar refractivity (Wildman–Crippen MR) is 88.7 cm³/mol. The first-order valence-corrected chi connectivity index (χ1v) is 10.3. The summed E-state index contributed by atoms with van der Waals surface area (Å²) in [6.07, 6.45) is 7.02. The molecule has 1 aliphatic heterocycles. The Morgan fingerprint density at radius 3 is 2.35 bits per heavy atom. The second-order valence-electron chi connectivity index (χ2n) is 7.46. The van der Waals surface area contributed by atoms with Gasteiger partial charge in [-0.3, -0.25) is 9.69 Å². The van der Waals surface area contributed by atoms with Gasteiger partial charge in [0.1, 0.15) is 0 Å². The van der Waals surface area contributed by atoms with Gasteiger partial charge >= 0.3 is 6.03 Å². The maximum atomic E-state index is 12.7. The summed E-state index contributed by atoms with van der Waals surface area (Å²) in [4.78, 5) is 26.0. The molecule has 1 heterocycles. The molecule has 2 aliphatic rings. The highest BCUT2D eigenvalue weighted by molar-refractivity contribution is 7.92. The van der Waals surface area contributed by atoms with Crippen molar-refractivity contribution < 1.29 is 18.0 Å². The molecule has 1 aliphatic carbocycles. The fraction of sp³-hybridized carbons (Fsp3) is 0.875. The highest BCUT2D eigenvalue weighted by atomic mass is 32.2. The van der Waals surface area contributed by atoms with Crippen molar-refractivity contribution in [2.45, 2.75) is 57.1 Å². The number of sulfone groups is 1. The summed E-state index contributed by atoms with van der Waals surface area (Å²) in [5, 5.41) is 2.80. The minimum Gasteiger partial charge on any atom is -0.337 e. The molecule has 0 bridgehead atoms. The van der Waals surface area contributed by atoms with Crippen LogP contribution < -0.4 is 5.32 Å². The highest BCUT2D eigenvalue weighted by Gasteiger charge is 2.40. The Morgan fingerprint density at radius 2 is 1.78 bits per heavy atom. The van der Waals surface area contributed by atoms with E-state index in [1.54, 1.807) is 13.8 Å². The molecule has 1 unspecified atom stereocenters. The molecule has 3 amide bonds. The van der Waals surface area contributed by atoms with Crippen LogP contribution in [0.25, 0.3) is 0 Å². The molecule has 1 saturated carbocycles. The van der Waals surface area contributed by atoms with E-state index in [1.165, 1.54) is 17.6 Å². The molecule has 2 fully saturated rings. The van der Waals surface area contributed by atoms with Gasteiger partial charge in [0, 0.05) is 19.3 Å². The second kappa shape index (κ2) is 6.79. The summed E-state index contributed by atoms with van der Waals surface area (Å²) in [6, 6.07) is -0.397. The number of urea groups is 1. The van der Waals surface area contributed by atoms with Crippen LogP contribution in [0.15, 0.2) is 0 Å². The van der Waals surface area contributed by atoms with E-state index in [1.807, 2.05) is 0 Å². The SMILES string of the molecule is CC(C)(CCN1C(=O)NCC(C2CCCCC2)C1=O)S(C)(=O)=O. The second-order valence-corrected chi connectivity index (χ2v) is 10.1. The fourth-order valence-corrected chi connectivity index (χ4v) is 3.83. The average Bonchev–Trinajstić information content (AvgIpc) is 2.46. The van der Waals surface area contributed by atoms with Gasteiger partial charge < -0.3 is 5.32 Å². The first-order chi connectivity index (χ1) is 10.6. The molecular weight excluding hydrogens is 316 g/mol. The fourth-order valence-electron chi connectivity index (χ4n) is 3.36. The Hall–Kier alpha value is -1.11. The molecule has 0 aromatic heterocycles.